The molecule has 2 N–H and O–H groups in total. The summed E-state index contributed by atoms with van der Waals surface area (Å²) in [7, 11) is 0. The Labute approximate surface area is 138 Å². The van der Waals surface area contributed by atoms with Crippen molar-refractivity contribution in [2.45, 2.75) is 19.5 Å². The van der Waals surface area contributed by atoms with Gasteiger partial charge in [0.1, 0.15) is 12.2 Å². The van der Waals surface area contributed by atoms with Crippen molar-refractivity contribution in [3.05, 3.63) is 40.8 Å². The number of nitrogens with two attached hydrogens (primary N) is 1. The Morgan fingerprint density at radius 2 is 2.25 bits per heavy atom. The van der Waals surface area contributed by atoms with Gasteiger partial charge in [0.2, 0.25) is 0 Å². The van der Waals surface area contributed by atoms with Gasteiger partial charge >= 0.3 is 6.09 Å². The van der Waals surface area contributed by atoms with E-state index in [-0.39, 0.29) is 18.7 Å². The van der Waals surface area contributed by atoms with Crippen LogP contribution in [0.2, 0.25) is 0 Å². The van der Waals surface area contributed by atoms with E-state index >= 15 is 0 Å². The first-order valence-corrected chi connectivity index (χ1v) is 7.65. The molecule has 0 bridgehead atoms. The zero-order chi connectivity index (χ0) is 17.1. The highest BCUT2D eigenvalue weighted by Crippen LogP contribution is 2.18. The van der Waals surface area contributed by atoms with E-state index in [9.17, 15) is 9.59 Å². The van der Waals surface area contributed by atoms with Crippen LogP contribution in [0.5, 0.6) is 0 Å². The second-order valence-corrected chi connectivity index (χ2v) is 5.34. The van der Waals surface area contributed by atoms with Crippen LogP contribution in [0.25, 0.3) is 11.4 Å². The number of hydrogen-bond donors (Lipinski definition) is 1. The number of aromatic nitrogens is 4. The van der Waals surface area contributed by atoms with Gasteiger partial charge in [-0.05, 0) is 13.0 Å². The Morgan fingerprint density at radius 3 is 2.96 bits per heavy atom. The van der Waals surface area contributed by atoms with E-state index in [2.05, 4.69) is 15.0 Å². The first kappa shape index (κ1) is 16.1. The molecule has 1 amide bonds. The van der Waals surface area contributed by atoms with Gasteiger partial charge < -0.3 is 15.4 Å². The summed E-state index contributed by atoms with van der Waals surface area (Å²) in [5, 5.41) is 0. The first-order chi connectivity index (χ1) is 11.6. The third kappa shape index (κ3) is 3.11. The fraction of sp³-hybridized carbons (Fsp3) is 0.400. The number of fused-ring (bicyclic) bond motifs is 1. The van der Waals surface area contributed by atoms with Crippen LogP contribution in [-0.4, -0.2) is 50.2 Å². The van der Waals surface area contributed by atoms with Crippen molar-refractivity contribution >= 4 is 6.09 Å². The van der Waals surface area contributed by atoms with Crippen LogP contribution in [0.3, 0.4) is 0 Å². The Balaban J connectivity index is 1.96. The molecule has 1 unspecified atom stereocenters. The number of amides is 1. The molecular weight excluding hydrogens is 312 g/mol. The molecule has 0 saturated heterocycles. The number of carbonyl (C=O) groups is 1. The van der Waals surface area contributed by atoms with Crippen molar-refractivity contribution in [2.24, 2.45) is 5.73 Å². The van der Waals surface area contributed by atoms with Crippen molar-refractivity contribution in [2.75, 3.05) is 19.7 Å². The number of hydrogen-bond acceptors (Lipinski definition) is 7. The number of rotatable bonds is 2. The molecule has 1 aliphatic rings. The van der Waals surface area contributed by atoms with Crippen molar-refractivity contribution in [1.82, 2.24) is 24.4 Å². The minimum absolute atomic E-state index is 0.227. The molecule has 3 heterocycles. The molecule has 0 spiro atoms. The maximum Gasteiger partial charge on any atom is 0.409 e. The summed E-state index contributed by atoms with van der Waals surface area (Å²) in [6.45, 7) is 2.92. The molecule has 0 radical (unpaired) electrons. The Kier molecular flexibility index (Phi) is 4.52. The summed E-state index contributed by atoms with van der Waals surface area (Å²) in [6, 6.07) is 2.50. The molecule has 24 heavy (non-hydrogen) atoms. The highest BCUT2D eigenvalue weighted by Gasteiger charge is 2.26. The minimum Gasteiger partial charge on any atom is -0.450 e. The summed E-state index contributed by atoms with van der Waals surface area (Å²) in [4.78, 5) is 38.3. The van der Waals surface area contributed by atoms with E-state index in [1.165, 1.54) is 21.9 Å². The van der Waals surface area contributed by atoms with Crippen LogP contribution < -0.4 is 11.3 Å². The van der Waals surface area contributed by atoms with E-state index < -0.39 is 12.1 Å². The lowest BCUT2D eigenvalue weighted by Gasteiger charge is -2.20. The van der Waals surface area contributed by atoms with E-state index in [0.717, 1.165) is 0 Å². The summed E-state index contributed by atoms with van der Waals surface area (Å²) < 4.78 is 6.51. The lowest BCUT2D eigenvalue weighted by atomic mass is 10.2. The van der Waals surface area contributed by atoms with Gasteiger partial charge in [-0.25, -0.2) is 19.7 Å². The molecule has 9 nitrogen and oxygen atoms in total. The molecule has 0 fully saturated rings. The van der Waals surface area contributed by atoms with Gasteiger partial charge in [-0.15, -0.1) is 0 Å². The maximum absolute atomic E-state index is 12.4. The fourth-order valence-electron chi connectivity index (χ4n) is 2.62. The van der Waals surface area contributed by atoms with E-state index in [1.54, 1.807) is 19.2 Å². The summed E-state index contributed by atoms with van der Waals surface area (Å²) in [5.41, 5.74) is 6.94. The largest absolute Gasteiger partial charge is 0.450 e. The maximum atomic E-state index is 12.4. The van der Waals surface area contributed by atoms with Crippen molar-refractivity contribution in [1.29, 1.82) is 0 Å². The van der Waals surface area contributed by atoms with Gasteiger partial charge in [0.25, 0.3) is 5.56 Å². The smallest absolute Gasteiger partial charge is 0.409 e. The van der Waals surface area contributed by atoms with Crippen LogP contribution in [0.4, 0.5) is 4.79 Å². The molecule has 2 aromatic heterocycles. The molecule has 126 valence electrons. The summed E-state index contributed by atoms with van der Waals surface area (Å²) in [5.74, 6) is 0.433. The van der Waals surface area contributed by atoms with Gasteiger partial charge in [-0.3, -0.25) is 9.36 Å². The highest BCUT2D eigenvalue weighted by molar-refractivity contribution is 5.67. The number of ether oxygens (including phenoxy) is 1. The van der Waals surface area contributed by atoms with Crippen molar-refractivity contribution in [3.8, 4) is 11.4 Å². The van der Waals surface area contributed by atoms with Crippen LogP contribution in [-0.2, 0) is 11.3 Å². The lowest BCUT2D eigenvalue weighted by molar-refractivity contribution is 0.105. The predicted molar refractivity (Wildman–Crippen MR) is 85.0 cm³/mol. The van der Waals surface area contributed by atoms with Crippen LogP contribution >= 0.6 is 0 Å². The first-order valence-electron chi connectivity index (χ1n) is 7.65. The minimum atomic E-state index is -0.591. The fourth-order valence-corrected chi connectivity index (χ4v) is 2.62. The Bertz CT molecular complexity index is 792. The van der Waals surface area contributed by atoms with Gasteiger partial charge in [0.15, 0.2) is 0 Å². The monoisotopic (exact) mass is 330 g/mol. The summed E-state index contributed by atoms with van der Waals surface area (Å²) in [6.07, 6.45) is 2.53. The average Bonchev–Trinajstić information content (AvgIpc) is 2.76. The number of carbonyl (C=O) groups excluding carboxylic acids is 1. The predicted octanol–water partition coefficient (Wildman–Crippen LogP) is 0.172. The molecule has 0 saturated carbocycles. The quantitative estimate of drug-likeness (QED) is 0.834. The van der Waals surface area contributed by atoms with Crippen LogP contribution in [0.1, 0.15) is 18.8 Å². The molecule has 1 atom stereocenters. The van der Waals surface area contributed by atoms with Crippen LogP contribution in [0, 0.1) is 0 Å². The third-order valence-electron chi connectivity index (χ3n) is 3.75. The van der Waals surface area contributed by atoms with Crippen LogP contribution in [0.15, 0.2) is 29.5 Å². The van der Waals surface area contributed by atoms with E-state index in [1.807, 2.05) is 0 Å². The molecular formula is C15H18N6O3. The molecule has 2 aromatic rings. The Morgan fingerprint density at radius 1 is 1.42 bits per heavy atom. The molecule has 1 aliphatic heterocycles. The van der Waals surface area contributed by atoms with Crippen molar-refractivity contribution < 1.29 is 9.53 Å². The van der Waals surface area contributed by atoms with E-state index in [0.29, 0.717) is 30.3 Å². The average molecular weight is 330 g/mol. The molecule has 3 rings (SSSR count). The zero-order valence-corrected chi connectivity index (χ0v) is 13.3. The molecule has 0 aromatic carbocycles. The van der Waals surface area contributed by atoms with Crippen molar-refractivity contribution in [3.63, 3.8) is 0 Å². The Hall–Kier alpha value is -2.81. The topological polar surface area (TPSA) is 116 Å². The standard InChI is InChI=1S/C15H18N6O3/c1-2-24-15(23)20-5-6-21-13(22)7-12(11-3-4-17-9-18-11)19-14(21)10(16)8-20/h3-4,7,9-10H,2,5-6,8,16H2,1H3. The van der Waals surface area contributed by atoms with Gasteiger partial charge in [0, 0.05) is 31.9 Å². The van der Waals surface area contributed by atoms with Gasteiger partial charge in [-0.2, -0.15) is 0 Å². The van der Waals surface area contributed by atoms with Gasteiger partial charge in [0.05, 0.1) is 24.0 Å². The zero-order valence-electron chi connectivity index (χ0n) is 13.3. The molecule has 0 aliphatic carbocycles. The second kappa shape index (κ2) is 6.75. The SMILES string of the molecule is CCOC(=O)N1CCn2c(nc(-c3ccncn3)cc2=O)C(N)C1. The lowest BCUT2D eigenvalue weighted by Crippen LogP contribution is -2.37. The number of nitrogens with zero attached hydrogens (tertiary/aromatic N) is 5. The highest BCUT2D eigenvalue weighted by atomic mass is 16.6. The second-order valence-electron chi connectivity index (χ2n) is 5.34. The third-order valence-corrected chi connectivity index (χ3v) is 3.75. The normalized spacial score (nSPS) is 17.1. The van der Waals surface area contributed by atoms with E-state index in [4.69, 9.17) is 10.5 Å². The van der Waals surface area contributed by atoms with Gasteiger partial charge in [-0.1, -0.05) is 0 Å². The summed E-state index contributed by atoms with van der Waals surface area (Å²) >= 11 is 0. The molecule has 9 heteroatoms.